The SMILES string of the molecule is C[C@@H]1NCCN(C(C)(C)C)[C@@H]1C. The first-order chi connectivity index (χ1) is 5.43. The van der Waals surface area contributed by atoms with Gasteiger partial charge in [-0.05, 0) is 34.6 Å². The summed E-state index contributed by atoms with van der Waals surface area (Å²) in [6.07, 6.45) is 0. The van der Waals surface area contributed by atoms with Gasteiger partial charge >= 0.3 is 0 Å². The molecule has 2 heteroatoms. The normalized spacial score (nSPS) is 33.8. The standard InChI is InChI=1S/C10H22N2/c1-8-9(2)12(7-6-11-8)10(3,4)5/h8-9,11H,6-7H2,1-5H3/t8-,9+/m0/s1. The molecule has 1 rings (SSSR count). The Morgan fingerprint density at radius 3 is 2.25 bits per heavy atom. The van der Waals surface area contributed by atoms with Crippen molar-refractivity contribution >= 4 is 0 Å². The summed E-state index contributed by atoms with van der Waals surface area (Å²) in [7, 11) is 0. The van der Waals surface area contributed by atoms with Gasteiger partial charge in [0.25, 0.3) is 0 Å². The Balaban J connectivity index is 2.64. The van der Waals surface area contributed by atoms with Crippen molar-refractivity contribution in [2.24, 2.45) is 0 Å². The van der Waals surface area contributed by atoms with Crippen LogP contribution in [0.4, 0.5) is 0 Å². The zero-order valence-corrected chi connectivity index (χ0v) is 9.02. The van der Waals surface area contributed by atoms with Gasteiger partial charge in [-0.3, -0.25) is 4.90 Å². The molecule has 0 unspecified atom stereocenters. The molecule has 0 aromatic heterocycles. The summed E-state index contributed by atoms with van der Waals surface area (Å²) in [5.41, 5.74) is 0.315. The van der Waals surface area contributed by atoms with Crippen LogP contribution in [0.15, 0.2) is 0 Å². The van der Waals surface area contributed by atoms with Crippen LogP contribution in [0.2, 0.25) is 0 Å². The van der Waals surface area contributed by atoms with Crippen molar-refractivity contribution in [1.82, 2.24) is 10.2 Å². The largest absolute Gasteiger partial charge is 0.311 e. The predicted octanol–water partition coefficient (Wildman–Crippen LogP) is 1.47. The molecule has 72 valence electrons. The second-order valence-corrected chi connectivity index (χ2v) is 4.85. The number of hydrogen-bond donors (Lipinski definition) is 1. The van der Waals surface area contributed by atoms with Gasteiger partial charge in [0.15, 0.2) is 0 Å². The lowest BCUT2D eigenvalue weighted by molar-refractivity contribution is 0.0482. The van der Waals surface area contributed by atoms with E-state index in [4.69, 9.17) is 0 Å². The molecule has 2 nitrogen and oxygen atoms in total. The molecule has 0 saturated carbocycles. The van der Waals surface area contributed by atoms with Gasteiger partial charge in [-0.2, -0.15) is 0 Å². The first-order valence-corrected chi connectivity index (χ1v) is 4.93. The molecule has 1 aliphatic heterocycles. The van der Waals surface area contributed by atoms with Crippen LogP contribution in [0.25, 0.3) is 0 Å². The first kappa shape index (κ1) is 10.0. The van der Waals surface area contributed by atoms with Crippen LogP contribution >= 0.6 is 0 Å². The van der Waals surface area contributed by atoms with Gasteiger partial charge in [0, 0.05) is 30.7 Å². The van der Waals surface area contributed by atoms with Crippen LogP contribution in [0, 0.1) is 0 Å². The fraction of sp³-hybridized carbons (Fsp3) is 1.00. The van der Waals surface area contributed by atoms with Crippen molar-refractivity contribution < 1.29 is 0 Å². The summed E-state index contributed by atoms with van der Waals surface area (Å²) in [5.74, 6) is 0. The molecule has 0 amide bonds. The van der Waals surface area contributed by atoms with Gasteiger partial charge in [0.2, 0.25) is 0 Å². The van der Waals surface area contributed by atoms with Crippen molar-refractivity contribution in [3.8, 4) is 0 Å². The Hall–Kier alpha value is -0.0800. The van der Waals surface area contributed by atoms with Crippen LogP contribution < -0.4 is 5.32 Å². The maximum atomic E-state index is 3.49. The minimum Gasteiger partial charge on any atom is -0.311 e. The monoisotopic (exact) mass is 170 g/mol. The topological polar surface area (TPSA) is 15.3 Å². The number of hydrogen-bond acceptors (Lipinski definition) is 2. The van der Waals surface area contributed by atoms with Crippen molar-refractivity contribution in [3.63, 3.8) is 0 Å². The summed E-state index contributed by atoms with van der Waals surface area (Å²) < 4.78 is 0. The Kier molecular flexibility index (Phi) is 2.79. The minimum atomic E-state index is 0.315. The fourth-order valence-electron chi connectivity index (χ4n) is 2.00. The van der Waals surface area contributed by atoms with E-state index in [9.17, 15) is 0 Å². The maximum Gasteiger partial charge on any atom is 0.0224 e. The minimum absolute atomic E-state index is 0.315. The molecule has 1 saturated heterocycles. The zero-order chi connectivity index (χ0) is 9.35. The first-order valence-electron chi connectivity index (χ1n) is 4.93. The number of rotatable bonds is 0. The lowest BCUT2D eigenvalue weighted by Gasteiger charge is -2.46. The van der Waals surface area contributed by atoms with Gasteiger partial charge < -0.3 is 5.32 Å². The third kappa shape index (κ3) is 1.99. The van der Waals surface area contributed by atoms with E-state index >= 15 is 0 Å². The molecule has 12 heavy (non-hydrogen) atoms. The highest BCUT2D eigenvalue weighted by Gasteiger charge is 2.31. The van der Waals surface area contributed by atoms with Crippen molar-refractivity contribution in [2.75, 3.05) is 13.1 Å². The van der Waals surface area contributed by atoms with Gasteiger partial charge in [0.1, 0.15) is 0 Å². The molecule has 0 spiro atoms. The van der Waals surface area contributed by atoms with Gasteiger partial charge in [-0.25, -0.2) is 0 Å². The van der Waals surface area contributed by atoms with Gasteiger partial charge in [-0.1, -0.05) is 0 Å². The van der Waals surface area contributed by atoms with Crippen LogP contribution in [-0.2, 0) is 0 Å². The molecule has 0 aromatic rings. The average Bonchev–Trinajstić information content (AvgIpc) is 1.92. The highest BCUT2D eigenvalue weighted by molar-refractivity contribution is 4.90. The van der Waals surface area contributed by atoms with Crippen LogP contribution in [0.5, 0.6) is 0 Å². The Morgan fingerprint density at radius 1 is 1.25 bits per heavy atom. The molecule has 1 heterocycles. The van der Waals surface area contributed by atoms with E-state index in [1.165, 1.54) is 6.54 Å². The predicted molar refractivity (Wildman–Crippen MR) is 53.4 cm³/mol. The molecule has 1 aliphatic rings. The van der Waals surface area contributed by atoms with Gasteiger partial charge in [0.05, 0.1) is 0 Å². The highest BCUT2D eigenvalue weighted by atomic mass is 15.3. The third-order valence-corrected chi connectivity index (χ3v) is 2.90. The van der Waals surface area contributed by atoms with Crippen LogP contribution in [-0.4, -0.2) is 35.6 Å². The van der Waals surface area contributed by atoms with E-state index in [1.54, 1.807) is 0 Å². The van der Waals surface area contributed by atoms with E-state index in [1.807, 2.05) is 0 Å². The summed E-state index contributed by atoms with van der Waals surface area (Å²) in [6.45, 7) is 13.8. The summed E-state index contributed by atoms with van der Waals surface area (Å²) in [6, 6.07) is 1.27. The Morgan fingerprint density at radius 2 is 1.83 bits per heavy atom. The molecular formula is C10H22N2. The molecule has 0 bridgehead atoms. The van der Waals surface area contributed by atoms with E-state index < -0.39 is 0 Å². The number of nitrogens with zero attached hydrogens (tertiary/aromatic N) is 1. The quantitative estimate of drug-likeness (QED) is 0.592. The second-order valence-electron chi connectivity index (χ2n) is 4.85. The molecule has 0 radical (unpaired) electrons. The Labute approximate surface area is 76.3 Å². The lowest BCUT2D eigenvalue weighted by Crippen LogP contribution is -2.60. The molecule has 0 aliphatic carbocycles. The van der Waals surface area contributed by atoms with Crippen LogP contribution in [0.1, 0.15) is 34.6 Å². The molecule has 0 aromatic carbocycles. The van der Waals surface area contributed by atoms with Crippen LogP contribution in [0.3, 0.4) is 0 Å². The number of piperazine rings is 1. The molecular weight excluding hydrogens is 148 g/mol. The maximum absolute atomic E-state index is 3.49. The van der Waals surface area contributed by atoms with E-state index in [0.29, 0.717) is 17.6 Å². The second kappa shape index (κ2) is 3.35. The Bertz CT molecular complexity index is 148. The smallest absolute Gasteiger partial charge is 0.0224 e. The summed E-state index contributed by atoms with van der Waals surface area (Å²) in [5, 5.41) is 3.49. The molecule has 1 N–H and O–H groups in total. The van der Waals surface area contributed by atoms with E-state index in [-0.39, 0.29) is 0 Å². The van der Waals surface area contributed by atoms with Crippen molar-refractivity contribution in [1.29, 1.82) is 0 Å². The summed E-state index contributed by atoms with van der Waals surface area (Å²) >= 11 is 0. The zero-order valence-electron chi connectivity index (χ0n) is 9.02. The molecule has 1 fully saturated rings. The molecule has 2 atom stereocenters. The van der Waals surface area contributed by atoms with Gasteiger partial charge in [-0.15, -0.1) is 0 Å². The average molecular weight is 170 g/mol. The highest BCUT2D eigenvalue weighted by Crippen LogP contribution is 2.20. The van der Waals surface area contributed by atoms with Crippen molar-refractivity contribution in [3.05, 3.63) is 0 Å². The van der Waals surface area contributed by atoms with E-state index in [0.717, 1.165) is 6.54 Å². The number of nitrogens with one attached hydrogen (secondary N) is 1. The summed E-state index contributed by atoms with van der Waals surface area (Å²) in [4.78, 5) is 2.58. The van der Waals surface area contributed by atoms with E-state index in [2.05, 4.69) is 44.8 Å². The van der Waals surface area contributed by atoms with Crippen molar-refractivity contribution in [2.45, 2.75) is 52.2 Å². The lowest BCUT2D eigenvalue weighted by atomic mass is 9.98. The fourth-order valence-corrected chi connectivity index (χ4v) is 2.00. The third-order valence-electron chi connectivity index (χ3n) is 2.90.